The molecule has 2 rings (SSSR count). The molecule has 0 aliphatic heterocycles. The molecule has 0 atom stereocenters. The van der Waals surface area contributed by atoms with Gasteiger partial charge in [-0.2, -0.15) is 0 Å². The fourth-order valence-corrected chi connectivity index (χ4v) is 2.80. The first-order valence-corrected chi connectivity index (χ1v) is 8.78. The molecule has 0 heterocycles. The maximum Gasteiger partial charge on any atom is 0.248 e. The number of rotatable bonds is 6. The Kier molecular flexibility index (Phi) is 6.65. The first-order valence-electron chi connectivity index (χ1n) is 7.99. The summed E-state index contributed by atoms with van der Waals surface area (Å²) in [6, 6.07) is 11.3. The van der Waals surface area contributed by atoms with E-state index in [9.17, 15) is 4.79 Å². The number of aryl methyl sites for hydroxylation is 1. The van der Waals surface area contributed by atoms with E-state index in [1.165, 1.54) is 6.08 Å². The van der Waals surface area contributed by atoms with E-state index < -0.39 is 0 Å². The maximum absolute atomic E-state index is 12.1. The van der Waals surface area contributed by atoms with Crippen molar-refractivity contribution < 1.29 is 14.3 Å². The van der Waals surface area contributed by atoms with Crippen LogP contribution in [-0.4, -0.2) is 19.1 Å². The largest absolute Gasteiger partial charge is 0.493 e. The van der Waals surface area contributed by atoms with Gasteiger partial charge in [-0.15, -0.1) is 0 Å². The SMILES string of the molecule is COc1cc(/C=C/C(=O)Nc2ccc(C)cc2Br)ccc1OC(C)C. The van der Waals surface area contributed by atoms with Crippen LogP contribution in [-0.2, 0) is 4.79 Å². The van der Waals surface area contributed by atoms with E-state index in [0.29, 0.717) is 11.5 Å². The van der Waals surface area contributed by atoms with Gasteiger partial charge < -0.3 is 14.8 Å². The van der Waals surface area contributed by atoms with Gasteiger partial charge in [0.05, 0.1) is 18.9 Å². The maximum atomic E-state index is 12.1. The zero-order valence-corrected chi connectivity index (χ0v) is 16.4. The molecule has 0 aromatic heterocycles. The molecule has 1 amide bonds. The molecule has 1 N–H and O–H groups in total. The lowest BCUT2D eigenvalue weighted by atomic mass is 10.2. The van der Waals surface area contributed by atoms with Gasteiger partial charge in [-0.25, -0.2) is 0 Å². The summed E-state index contributed by atoms with van der Waals surface area (Å²) in [7, 11) is 1.59. The van der Waals surface area contributed by atoms with Crippen LogP contribution >= 0.6 is 15.9 Å². The lowest BCUT2D eigenvalue weighted by Gasteiger charge is -2.13. The molecule has 0 radical (unpaired) electrons. The Morgan fingerprint density at radius 1 is 1.16 bits per heavy atom. The van der Waals surface area contributed by atoms with E-state index in [1.807, 2.05) is 57.2 Å². The first-order chi connectivity index (χ1) is 11.9. The Bertz CT molecular complexity index is 785. The van der Waals surface area contributed by atoms with Gasteiger partial charge in [0.2, 0.25) is 5.91 Å². The summed E-state index contributed by atoms with van der Waals surface area (Å²) in [6.45, 7) is 5.91. The van der Waals surface area contributed by atoms with Gasteiger partial charge in [-0.3, -0.25) is 4.79 Å². The molecular formula is C20H22BrNO3. The Balaban J connectivity index is 2.08. The van der Waals surface area contributed by atoms with Gasteiger partial charge in [0.15, 0.2) is 11.5 Å². The molecule has 0 fully saturated rings. The standard InChI is InChI=1S/C20H22BrNO3/c1-13(2)25-18-9-6-15(12-19(18)24-4)7-10-20(23)22-17-8-5-14(3)11-16(17)21/h5-13H,1-4H3,(H,22,23)/b10-7+. The number of anilines is 1. The third-order valence-corrected chi connectivity index (χ3v) is 4.02. The molecule has 2 aromatic rings. The Morgan fingerprint density at radius 3 is 2.56 bits per heavy atom. The quantitative estimate of drug-likeness (QED) is 0.673. The molecule has 4 nitrogen and oxygen atoms in total. The number of methoxy groups -OCH3 is 1. The minimum atomic E-state index is -0.203. The highest BCUT2D eigenvalue weighted by Gasteiger charge is 2.07. The van der Waals surface area contributed by atoms with Crippen LogP contribution < -0.4 is 14.8 Å². The van der Waals surface area contributed by atoms with Crippen LogP contribution in [0.1, 0.15) is 25.0 Å². The lowest BCUT2D eigenvalue weighted by molar-refractivity contribution is -0.111. The summed E-state index contributed by atoms with van der Waals surface area (Å²) in [5.74, 6) is 1.12. The number of nitrogens with one attached hydrogen (secondary N) is 1. The monoisotopic (exact) mass is 403 g/mol. The highest BCUT2D eigenvalue weighted by Crippen LogP contribution is 2.29. The van der Waals surface area contributed by atoms with Crippen molar-refractivity contribution in [3.8, 4) is 11.5 Å². The predicted molar refractivity (Wildman–Crippen MR) is 105 cm³/mol. The van der Waals surface area contributed by atoms with Crippen molar-refractivity contribution in [3.63, 3.8) is 0 Å². The van der Waals surface area contributed by atoms with Crippen molar-refractivity contribution in [3.05, 3.63) is 58.1 Å². The van der Waals surface area contributed by atoms with Crippen molar-refractivity contribution in [2.75, 3.05) is 12.4 Å². The van der Waals surface area contributed by atoms with Crippen LogP contribution in [0.2, 0.25) is 0 Å². The van der Waals surface area contributed by atoms with E-state index in [-0.39, 0.29) is 12.0 Å². The van der Waals surface area contributed by atoms with E-state index >= 15 is 0 Å². The molecular weight excluding hydrogens is 382 g/mol. The van der Waals surface area contributed by atoms with Crippen molar-refractivity contribution in [1.29, 1.82) is 0 Å². The van der Waals surface area contributed by atoms with Crippen LogP contribution in [0.3, 0.4) is 0 Å². The number of hydrogen-bond acceptors (Lipinski definition) is 3. The number of carbonyl (C=O) groups excluding carboxylic acids is 1. The third kappa shape index (κ3) is 5.64. The highest BCUT2D eigenvalue weighted by atomic mass is 79.9. The third-order valence-electron chi connectivity index (χ3n) is 3.36. The van der Waals surface area contributed by atoms with Gasteiger partial charge in [0.25, 0.3) is 0 Å². The predicted octanol–water partition coefficient (Wildman–Crippen LogP) is 5.21. The topological polar surface area (TPSA) is 47.6 Å². The zero-order valence-electron chi connectivity index (χ0n) is 14.8. The lowest BCUT2D eigenvalue weighted by Crippen LogP contribution is -2.08. The number of ether oxygens (including phenoxy) is 2. The smallest absolute Gasteiger partial charge is 0.248 e. The second-order valence-electron chi connectivity index (χ2n) is 5.88. The number of benzene rings is 2. The fraction of sp³-hybridized carbons (Fsp3) is 0.250. The average molecular weight is 404 g/mol. The zero-order chi connectivity index (χ0) is 18.4. The molecule has 0 unspecified atom stereocenters. The minimum absolute atomic E-state index is 0.0639. The number of carbonyl (C=O) groups is 1. The molecule has 0 aliphatic carbocycles. The molecule has 25 heavy (non-hydrogen) atoms. The van der Waals surface area contributed by atoms with Crippen molar-refractivity contribution in [2.45, 2.75) is 26.9 Å². The average Bonchev–Trinajstić information content (AvgIpc) is 2.56. The van der Waals surface area contributed by atoms with E-state index in [4.69, 9.17) is 9.47 Å². The number of halogens is 1. The van der Waals surface area contributed by atoms with Gasteiger partial charge in [0.1, 0.15) is 0 Å². The summed E-state index contributed by atoms with van der Waals surface area (Å²) in [5.41, 5.74) is 2.71. The second-order valence-corrected chi connectivity index (χ2v) is 6.74. The van der Waals surface area contributed by atoms with Crippen molar-refractivity contribution in [1.82, 2.24) is 0 Å². The van der Waals surface area contributed by atoms with Gasteiger partial charge in [-0.05, 0) is 78.2 Å². The van der Waals surface area contributed by atoms with Gasteiger partial charge >= 0.3 is 0 Å². The Labute approximate surface area is 157 Å². The Morgan fingerprint density at radius 2 is 1.92 bits per heavy atom. The van der Waals surface area contributed by atoms with Gasteiger partial charge in [0, 0.05) is 10.5 Å². The van der Waals surface area contributed by atoms with Crippen molar-refractivity contribution in [2.24, 2.45) is 0 Å². The second kappa shape index (κ2) is 8.72. The van der Waals surface area contributed by atoms with E-state index in [2.05, 4.69) is 21.2 Å². The highest BCUT2D eigenvalue weighted by molar-refractivity contribution is 9.10. The van der Waals surface area contributed by atoms with Crippen LogP contribution in [0, 0.1) is 6.92 Å². The van der Waals surface area contributed by atoms with Crippen LogP contribution in [0.15, 0.2) is 46.9 Å². The summed E-state index contributed by atoms with van der Waals surface area (Å²) >= 11 is 3.45. The fourth-order valence-electron chi connectivity index (χ4n) is 2.21. The summed E-state index contributed by atoms with van der Waals surface area (Å²) in [5, 5.41) is 2.85. The summed E-state index contributed by atoms with van der Waals surface area (Å²) < 4.78 is 11.9. The summed E-state index contributed by atoms with van der Waals surface area (Å²) in [4.78, 5) is 12.1. The van der Waals surface area contributed by atoms with Crippen LogP contribution in [0.4, 0.5) is 5.69 Å². The molecule has 5 heteroatoms. The normalized spacial score (nSPS) is 11.0. The molecule has 132 valence electrons. The van der Waals surface area contributed by atoms with E-state index in [0.717, 1.165) is 21.3 Å². The number of hydrogen-bond donors (Lipinski definition) is 1. The molecule has 0 spiro atoms. The molecule has 0 aliphatic rings. The molecule has 0 saturated carbocycles. The van der Waals surface area contributed by atoms with Crippen LogP contribution in [0.5, 0.6) is 11.5 Å². The Hall–Kier alpha value is -2.27. The van der Waals surface area contributed by atoms with Crippen LogP contribution in [0.25, 0.3) is 6.08 Å². The van der Waals surface area contributed by atoms with Crippen molar-refractivity contribution >= 4 is 33.6 Å². The molecule has 0 bridgehead atoms. The summed E-state index contributed by atoms with van der Waals surface area (Å²) in [6.07, 6.45) is 3.29. The minimum Gasteiger partial charge on any atom is -0.493 e. The van der Waals surface area contributed by atoms with E-state index in [1.54, 1.807) is 13.2 Å². The van der Waals surface area contributed by atoms with Gasteiger partial charge in [-0.1, -0.05) is 12.1 Å². The molecule has 2 aromatic carbocycles. The first kappa shape index (κ1) is 19.1. The molecule has 0 saturated heterocycles. The number of amides is 1.